The summed E-state index contributed by atoms with van der Waals surface area (Å²) in [6, 6.07) is 14.5. The SMILES string of the molecule is CC(C)c1ccc(C(CNC(=O)c2cc(=O)c3cc(Cl)ccc3o2)N2CCOCC2)cc1. The van der Waals surface area contributed by atoms with Crippen molar-refractivity contribution in [3.8, 4) is 0 Å². The van der Waals surface area contributed by atoms with E-state index < -0.39 is 5.91 Å². The van der Waals surface area contributed by atoms with Crippen LogP contribution in [0.2, 0.25) is 5.02 Å². The van der Waals surface area contributed by atoms with Gasteiger partial charge in [-0.15, -0.1) is 0 Å². The molecule has 1 saturated heterocycles. The van der Waals surface area contributed by atoms with E-state index in [1.165, 1.54) is 11.6 Å². The first-order valence-corrected chi connectivity index (χ1v) is 11.2. The monoisotopic (exact) mass is 454 g/mol. The summed E-state index contributed by atoms with van der Waals surface area (Å²) in [6.45, 7) is 7.63. The van der Waals surface area contributed by atoms with E-state index in [-0.39, 0.29) is 17.2 Å². The van der Waals surface area contributed by atoms with Crippen LogP contribution in [0.4, 0.5) is 0 Å². The summed E-state index contributed by atoms with van der Waals surface area (Å²) in [5, 5.41) is 3.75. The van der Waals surface area contributed by atoms with Crippen molar-refractivity contribution < 1.29 is 13.9 Å². The van der Waals surface area contributed by atoms with E-state index in [0.29, 0.717) is 41.7 Å². The molecule has 1 atom stereocenters. The predicted molar refractivity (Wildman–Crippen MR) is 125 cm³/mol. The van der Waals surface area contributed by atoms with Gasteiger partial charge in [0, 0.05) is 30.7 Å². The highest BCUT2D eigenvalue weighted by atomic mass is 35.5. The number of carbonyl (C=O) groups is 1. The van der Waals surface area contributed by atoms with Gasteiger partial charge < -0.3 is 14.5 Å². The number of rotatable bonds is 6. The molecule has 0 radical (unpaired) electrons. The molecule has 2 heterocycles. The number of benzene rings is 2. The van der Waals surface area contributed by atoms with Crippen LogP contribution in [-0.4, -0.2) is 43.7 Å². The Balaban J connectivity index is 1.54. The minimum absolute atomic E-state index is 0.00459. The number of hydrogen-bond donors (Lipinski definition) is 1. The Hall–Kier alpha value is -2.67. The molecule has 1 aliphatic rings. The van der Waals surface area contributed by atoms with E-state index in [9.17, 15) is 9.59 Å². The van der Waals surface area contributed by atoms with Gasteiger partial charge in [-0.3, -0.25) is 14.5 Å². The van der Waals surface area contributed by atoms with Gasteiger partial charge in [0.1, 0.15) is 5.58 Å². The molecule has 0 saturated carbocycles. The molecule has 4 rings (SSSR count). The summed E-state index contributed by atoms with van der Waals surface area (Å²) >= 11 is 5.96. The van der Waals surface area contributed by atoms with Gasteiger partial charge in [-0.2, -0.15) is 0 Å². The van der Waals surface area contributed by atoms with Crippen molar-refractivity contribution in [2.75, 3.05) is 32.8 Å². The molecule has 1 aliphatic heterocycles. The lowest BCUT2D eigenvalue weighted by atomic mass is 9.98. The Bertz CT molecular complexity index is 1150. The molecule has 3 aromatic rings. The summed E-state index contributed by atoms with van der Waals surface area (Å²) in [5.41, 5.74) is 2.44. The quantitative estimate of drug-likeness (QED) is 0.598. The lowest BCUT2D eigenvalue weighted by Crippen LogP contribution is -2.43. The fourth-order valence-corrected chi connectivity index (χ4v) is 4.14. The molecule has 1 amide bonds. The molecule has 1 fully saturated rings. The van der Waals surface area contributed by atoms with Crippen LogP contribution in [0.15, 0.2) is 57.7 Å². The first-order chi connectivity index (χ1) is 15.4. The first kappa shape index (κ1) is 22.5. The van der Waals surface area contributed by atoms with Crippen molar-refractivity contribution in [1.82, 2.24) is 10.2 Å². The summed E-state index contributed by atoms with van der Waals surface area (Å²) in [6.07, 6.45) is 0. The van der Waals surface area contributed by atoms with Crippen LogP contribution in [0.25, 0.3) is 11.0 Å². The summed E-state index contributed by atoms with van der Waals surface area (Å²) in [5.74, 6) is 0.0213. The molecule has 1 aromatic heterocycles. The van der Waals surface area contributed by atoms with Crippen molar-refractivity contribution in [3.05, 3.63) is 80.7 Å². The van der Waals surface area contributed by atoms with E-state index in [2.05, 4.69) is 48.3 Å². The molecule has 32 heavy (non-hydrogen) atoms. The zero-order valence-electron chi connectivity index (χ0n) is 18.3. The number of carbonyl (C=O) groups excluding carboxylic acids is 1. The third-order valence-corrected chi connectivity index (χ3v) is 6.08. The van der Waals surface area contributed by atoms with Crippen molar-refractivity contribution in [2.45, 2.75) is 25.8 Å². The lowest BCUT2D eigenvalue weighted by molar-refractivity contribution is 0.0161. The number of halogens is 1. The normalized spacial score (nSPS) is 15.8. The van der Waals surface area contributed by atoms with Crippen molar-refractivity contribution in [2.24, 2.45) is 0 Å². The number of ether oxygens (including phenoxy) is 1. The molecule has 1 unspecified atom stereocenters. The average Bonchev–Trinajstić information content (AvgIpc) is 2.80. The van der Waals surface area contributed by atoms with Gasteiger partial charge in [0.15, 0.2) is 11.2 Å². The molecule has 0 aliphatic carbocycles. The highest BCUT2D eigenvalue weighted by molar-refractivity contribution is 6.31. The first-order valence-electron chi connectivity index (χ1n) is 10.9. The Morgan fingerprint density at radius 3 is 2.44 bits per heavy atom. The molecule has 2 aromatic carbocycles. The summed E-state index contributed by atoms with van der Waals surface area (Å²) in [7, 11) is 0. The molecule has 0 spiro atoms. The second kappa shape index (κ2) is 9.86. The van der Waals surface area contributed by atoms with Gasteiger partial charge in [0.05, 0.1) is 24.6 Å². The fraction of sp³-hybridized carbons (Fsp3) is 0.360. The fourth-order valence-electron chi connectivity index (χ4n) is 3.97. The van der Waals surface area contributed by atoms with Gasteiger partial charge in [-0.05, 0) is 35.2 Å². The highest BCUT2D eigenvalue weighted by Gasteiger charge is 2.24. The van der Waals surface area contributed by atoms with Crippen molar-refractivity contribution >= 4 is 28.5 Å². The summed E-state index contributed by atoms with van der Waals surface area (Å²) in [4.78, 5) is 27.6. The maximum absolute atomic E-state index is 12.9. The molecular formula is C25H27ClN2O4. The van der Waals surface area contributed by atoms with Gasteiger partial charge in [0.2, 0.25) is 0 Å². The molecule has 168 valence electrons. The van der Waals surface area contributed by atoms with Crippen molar-refractivity contribution in [1.29, 1.82) is 0 Å². The van der Waals surface area contributed by atoms with Crippen LogP contribution in [-0.2, 0) is 4.74 Å². The van der Waals surface area contributed by atoms with Crippen LogP contribution >= 0.6 is 11.6 Å². The maximum atomic E-state index is 12.9. The number of nitrogens with one attached hydrogen (secondary N) is 1. The van der Waals surface area contributed by atoms with Gasteiger partial charge in [-0.1, -0.05) is 49.7 Å². The highest BCUT2D eigenvalue weighted by Crippen LogP contribution is 2.24. The molecule has 6 nitrogen and oxygen atoms in total. The van der Waals surface area contributed by atoms with Gasteiger partial charge in [0.25, 0.3) is 5.91 Å². The molecule has 1 N–H and O–H groups in total. The minimum Gasteiger partial charge on any atom is -0.451 e. The standard InChI is InChI=1S/C25H27ClN2O4/c1-16(2)17-3-5-18(6-4-17)21(28-9-11-31-12-10-28)15-27-25(30)24-14-22(29)20-13-19(26)7-8-23(20)32-24/h3-8,13-14,16,21H,9-12,15H2,1-2H3,(H,27,30). The Labute approximate surface area is 192 Å². The van der Waals surface area contributed by atoms with Crippen molar-refractivity contribution in [3.63, 3.8) is 0 Å². The van der Waals surface area contributed by atoms with Crippen LogP contribution in [0, 0.1) is 0 Å². The summed E-state index contributed by atoms with van der Waals surface area (Å²) < 4.78 is 11.2. The predicted octanol–water partition coefficient (Wildman–Crippen LogP) is 4.37. The third kappa shape index (κ3) is 5.04. The zero-order chi connectivity index (χ0) is 22.7. The Morgan fingerprint density at radius 1 is 1.06 bits per heavy atom. The van der Waals surface area contributed by atoms with Crippen LogP contribution in [0.3, 0.4) is 0 Å². The largest absolute Gasteiger partial charge is 0.451 e. The van der Waals surface area contributed by atoms with E-state index in [1.54, 1.807) is 18.2 Å². The Kier molecular flexibility index (Phi) is 6.94. The third-order valence-electron chi connectivity index (χ3n) is 5.84. The molecule has 7 heteroatoms. The second-order valence-electron chi connectivity index (χ2n) is 8.31. The van der Waals surface area contributed by atoms with E-state index in [1.807, 2.05) is 0 Å². The molecule has 0 bridgehead atoms. The lowest BCUT2D eigenvalue weighted by Gasteiger charge is -2.35. The average molecular weight is 455 g/mol. The smallest absolute Gasteiger partial charge is 0.287 e. The van der Waals surface area contributed by atoms with Gasteiger partial charge >= 0.3 is 0 Å². The van der Waals surface area contributed by atoms with E-state index in [0.717, 1.165) is 18.7 Å². The number of fused-ring (bicyclic) bond motifs is 1. The minimum atomic E-state index is -0.420. The van der Waals surface area contributed by atoms with Crippen LogP contribution in [0.1, 0.15) is 47.5 Å². The number of morpholine rings is 1. The number of hydrogen-bond acceptors (Lipinski definition) is 5. The molecular weight excluding hydrogens is 428 g/mol. The van der Waals surface area contributed by atoms with E-state index in [4.69, 9.17) is 20.8 Å². The number of amides is 1. The van der Waals surface area contributed by atoms with Crippen LogP contribution in [0.5, 0.6) is 0 Å². The zero-order valence-corrected chi connectivity index (χ0v) is 19.0. The topological polar surface area (TPSA) is 71.8 Å². The second-order valence-corrected chi connectivity index (χ2v) is 8.75. The Morgan fingerprint density at radius 2 is 1.75 bits per heavy atom. The van der Waals surface area contributed by atoms with E-state index >= 15 is 0 Å². The van der Waals surface area contributed by atoms with Gasteiger partial charge in [-0.25, -0.2) is 0 Å². The maximum Gasteiger partial charge on any atom is 0.287 e. The van der Waals surface area contributed by atoms with Crippen LogP contribution < -0.4 is 10.7 Å². The number of nitrogens with zero attached hydrogens (tertiary/aromatic N) is 1.